The van der Waals surface area contributed by atoms with Crippen LogP contribution in [0.15, 0.2) is 30.3 Å². The summed E-state index contributed by atoms with van der Waals surface area (Å²) >= 11 is 0. The van der Waals surface area contributed by atoms with Crippen molar-refractivity contribution in [2.75, 3.05) is 7.11 Å². The maximum absolute atomic E-state index is 12.6. The molecule has 0 aliphatic carbocycles. The van der Waals surface area contributed by atoms with Gasteiger partial charge in [-0.15, -0.1) is 0 Å². The number of amides is 1. The number of nitrogens with one attached hydrogen (secondary N) is 3. The molecule has 0 atom stereocenters. The number of carbonyl (C=O) groups is 1. The topological polar surface area (TPSA) is 88.3 Å². The Balaban J connectivity index is 1.58. The van der Waals surface area contributed by atoms with E-state index in [1.165, 1.54) is 0 Å². The molecule has 1 aromatic heterocycles. The maximum atomic E-state index is 12.6. The molecule has 1 saturated heterocycles. The molecule has 152 valence electrons. The number of H-pyrrole nitrogens is 1. The van der Waals surface area contributed by atoms with Crippen LogP contribution in [0.2, 0.25) is 0 Å². The van der Waals surface area contributed by atoms with Crippen LogP contribution in [0.5, 0.6) is 11.5 Å². The normalized spacial score (nSPS) is 18.5. The smallest absolute Gasteiger partial charge is 0.271 e. The van der Waals surface area contributed by atoms with Gasteiger partial charge in [-0.1, -0.05) is 6.07 Å². The molecule has 0 spiro atoms. The number of hydrogen-bond donors (Lipinski definition) is 3. The predicted molar refractivity (Wildman–Crippen MR) is 108 cm³/mol. The van der Waals surface area contributed by atoms with Crippen molar-refractivity contribution in [3.8, 4) is 11.5 Å². The second-order valence-corrected chi connectivity index (χ2v) is 8.72. The lowest BCUT2D eigenvalue weighted by molar-refractivity contribution is 0.0868. The number of piperidine rings is 1. The third kappa shape index (κ3) is 5.25. The van der Waals surface area contributed by atoms with Crippen LogP contribution >= 0.6 is 0 Å². The largest absolute Gasteiger partial charge is 0.497 e. The lowest BCUT2D eigenvalue weighted by atomic mass is 9.79. The average Bonchev–Trinajstić information content (AvgIpc) is 3.06. The number of rotatable bonds is 6. The summed E-state index contributed by atoms with van der Waals surface area (Å²) in [5.41, 5.74) is 1.06. The minimum Gasteiger partial charge on any atom is -0.497 e. The fourth-order valence-electron chi connectivity index (χ4n) is 4.09. The summed E-state index contributed by atoms with van der Waals surface area (Å²) in [6.45, 7) is 8.94. The fourth-order valence-corrected chi connectivity index (χ4v) is 4.09. The van der Waals surface area contributed by atoms with Crippen LogP contribution in [-0.4, -0.2) is 40.3 Å². The van der Waals surface area contributed by atoms with Gasteiger partial charge in [0.25, 0.3) is 5.91 Å². The van der Waals surface area contributed by atoms with Crippen molar-refractivity contribution in [2.45, 2.75) is 64.3 Å². The minimum atomic E-state index is -0.164. The van der Waals surface area contributed by atoms with Crippen LogP contribution in [0.1, 0.15) is 56.7 Å². The van der Waals surface area contributed by atoms with Gasteiger partial charge in [-0.3, -0.25) is 9.89 Å². The third-order valence-electron chi connectivity index (χ3n) is 4.82. The van der Waals surface area contributed by atoms with E-state index in [4.69, 9.17) is 9.47 Å². The average molecular weight is 386 g/mol. The molecule has 7 heteroatoms. The maximum Gasteiger partial charge on any atom is 0.271 e. The highest BCUT2D eigenvalue weighted by Gasteiger charge is 2.38. The standard InChI is InChI=1S/C21H30N4O3/c1-20(2)11-15(12-21(3,4)25-20)22-19(26)18-9-14(23-24-18)13-28-17-8-6-7-16(10-17)27-5/h6-10,15,25H,11-13H2,1-5H3,(H,22,26)(H,23,24). The van der Waals surface area contributed by atoms with Gasteiger partial charge in [0.05, 0.1) is 12.8 Å². The van der Waals surface area contributed by atoms with E-state index >= 15 is 0 Å². The van der Waals surface area contributed by atoms with E-state index in [1.807, 2.05) is 24.3 Å². The molecular weight excluding hydrogens is 356 g/mol. The molecule has 1 aliphatic heterocycles. The highest BCUT2D eigenvalue weighted by Crippen LogP contribution is 2.28. The van der Waals surface area contributed by atoms with Crippen molar-refractivity contribution < 1.29 is 14.3 Å². The monoisotopic (exact) mass is 386 g/mol. The quantitative estimate of drug-likeness (QED) is 0.710. The van der Waals surface area contributed by atoms with Crippen LogP contribution in [0.25, 0.3) is 0 Å². The highest BCUT2D eigenvalue weighted by atomic mass is 16.5. The van der Waals surface area contributed by atoms with Gasteiger partial charge in [0, 0.05) is 23.2 Å². The first-order chi connectivity index (χ1) is 13.2. The van der Waals surface area contributed by atoms with Crippen LogP contribution in [0.4, 0.5) is 0 Å². The Morgan fingerprint density at radius 1 is 1.18 bits per heavy atom. The molecule has 2 aromatic rings. The molecule has 0 saturated carbocycles. The summed E-state index contributed by atoms with van der Waals surface area (Å²) in [6.07, 6.45) is 1.75. The van der Waals surface area contributed by atoms with E-state index in [0.717, 1.165) is 24.3 Å². The van der Waals surface area contributed by atoms with Crippen molar-refractivity contribution in [1.82, 2.24) is 20.8 Å². The number of methoxy groups -OCH3 is 1. The predicted octanol–water partition coefficient (Wildman–Crippen LogP) is 3.04. The van der Waals surface area contributed by atoms with Gasteiger partial charge in [0.2, 0.25) is 0 Å². The van der Waals surface area contributed by atoms with Gasteiger partial charge in [0.1, 0.15) is 23.8 Å². The molecule has 1 fully saturated rings. The van der Waals surface area contributed by atoms with Crippen molar-refractivity contribution in [1.29, 1.82) is 0 Å². The molecular formula is C21H30N4O3. The zero-order valence-electron chi connectivity index (χ0n) is 17.3. The van der Waals surface area contributed by atoms with Crippen molar-refractivity contribution in [3.05, 3.63) is 41.7 Å². The zero-order chi connectivity index (χ0) is 20.4. The molecule has 0 bridgehead atoms. The molecule has 3 rings (SSSR count). The number of hydrogen-bond acceptors (Lipinski definition) is 5. The lowest BCUT2D eigenvalue weighted by Gasteiger charge is -2.46. The first kappa shape index (κ1) is 20.2. The summed E-state index contributed by atoms with van der Waals surface area (Å²) in [5.74, 6) is 1.26. The summed E-state index contributed by atoms with van der Waals surface area (Å²) in [4.78, 5) is 12.6. The highest BCUT2D eigenvalue weighted by molar-refractivity contribution is 5.92. The first-order valence-electron chi connectivity index (χ1n) is 9.57. The lowest BCUT2D eigenvalue weighted by Crippen LogP contribution is -2.62. The number of benzene rings is 1. The molecule has 7 nitrogen and oxygen atoms in total. The Kier molecular flexibility index (Phi) is 5.65. The fraction of sp³-hybridized carbons (Fsp3) is 0.524. The van der Waals surface area contributed by atoms with E-state index in [1.54, 1.807) is 13.2 Å². The van der Waals surface area contributed by atoms with Crippen LogP contribution in [0, 0.1) is 0 Å². The van der Waals surface area contributed by atoms with Gasteiger partial charge < -0.3 is 20.1 Å². The minimum absolute atomic E-state index is 0.0268. The summed E-state index contributed by atoms with van der Waals surface area (Å²) < 4.78 is 10.9. The molecule has 28 heavy (non-hydrogen) atoms. The number of aromatic nitrogens is 2. The van der Waals surface area contributed by atoms with Gasteiger partial charge >= 0.3 is 0 Å². The van der Waals surface area contributed by atoms with Gasteiger partial charge in [-0.2, -0.15) is 5.10 Å². The Hall–Kier alpha value is -2.54. The van der Waals surface area contributed by atoms with Crippen LogP contribution < -0.4 is 20.1 Å². The van der Waals surface area contributed by atoms with Crippen molar-refractivity contribution >= 4 is 5.91 Å². The van der Waals surface area contributed by atoms with E-state index in [9.17, 15) is 4.79 Å². The summed E-state index contributed by atoms with van der Waals surface area (Å²) in [5, 5.41) is 13.8. The second-order valence-electron chi connectivity index (χ2n) is 8.72. The van der Waals surface area contributed by atoms with Crippen molar-refractivity contribution in [2.24, 2.45) is 0 Å². The molecule has 1 amide bonds. The van der Waals surface area contributed by atoms with E-state index in [0.29, 0.717) is 18.1 Å². The molecule has 0 radical (unpaired) electrons. The van der Waals surface area contributed by atoms with Gasteiger partial charge in [-0.25, -0.2) is 0 Å². The van der Waals surface area contributed by atoms with Crippen molar-refractivity contribution in [3.63, 3.8) is 0 Å². The van der Waals surface area contributed by atoms with Gasteiger partial charge in [0.15, 0.2) is 0 Å². The van der Waals surface area contributed by atoms with Gasteiger partial charge in [-0.05, 0) is 58.7 Å². The van der Waals surface area contributed by atoms with Crippen LogP contribution in [0.3, 0.4) is 0 Å². The third-order valence-corrected chi connectivity index (χ3v) is 4.82. The number of carbonyl (C=O) groups excluding carboxylic acids is 1. The Bertz CT molecular complexity index is 813. The number of aromatic amines is 1. The summed E-state index contributed by atoms with van der Waals surface area (Å²) in [6, 6.07) is 9.22. The Morgan fingerprint density at radius 3 is 2.54 bits per heavy atom. The Morgan fingerprint density at radius 2 is 1.86 bits per heavy atom. The molecule has 2 heterocycles. The number of ether oxygens (including phenoxy) is 2. The molecule has 0 unspecified atom stereocenters. The first-order valence-corrected chi connectivity index (χ1v) is 9.57. The second kappa shape index (κ2) is 7.83. The Labute approximate surface area is 166 Å². The van der Waals surface area contributed by atoms with Crippen LogP contribution in [-0.2, 0) is 6.61 Å². The van der Waals surface area contributed by atoms with E-state index < -0.39 is 0 Å². The van der Waals surface area contributed by atoms with E-state index in [-0.39, 0.29) is 23.0 Å². The SMILES string of the molecule is COc1cccc(OCc2cc(C(=O)NC3CC(C)(C)NC(C)(C)C3)n[nH]2)c1. The molecule has 1 aromatic carbocycles. The molecule has 3 N–H and O–H groups in total. The molecule has 1 aliphatic rings. The summed E-state index contributed by atoms with van der Waals surface area (Å²) in [7, 11) is 1.61. The number of nitrogens with zero attached hydrogens (tertiary/aromatic N) is 1. The van der Waals surface area contributed by atoms with E-state index in [2.05, 4.69) is 48.5 Å². The zero-order valence-corrected chi connectivity index (χ0v) is 17.3.